The van der Waals surface area contributed by atoms with Gasteiger partial charge in [-0.3, -0.25) is 0 Å². The summed E-state index contributed by atoms with van der Waals surface area (Å²) in [4.78, 5) is 4.77. The molecule has 0 saturated carbocycles. The van der Waals surface area contributed by atoms with Gasteiger partial charge in [0, 0.05) is 19.3 Å². The number of guanidine groups is 1. The van der Waals surface area contributed by atoms with Crippen LogP contribution in [-0.2, 0) is 22.9 Å². The maximum atomic E-state index is 12.9. The van der Waals surface area contributed by atoms with Crippen LogP contribution in [0.3, 0.4) is 0 Å². The first-order valence-corrected chi connectivity index (χ1v) is 9.83. The molecule has 0 aliphatic heterocycles. The molecule has 134 valence electrons. The predicted molar refractivity (Wildman–Crippen MR) is 97.6 cm³/mol. The van der Waals surface area contributed by atoms with Gasteiger partial charge in [-0.1, -0.05) is 24.3 Å². The van der Waals surface area contributed by atoms with Crippen molar-refractivity contribution in [2.75, 3.05) is 12.8 Å². The maximum absolute atomic E-state index is 12.9. The minimum atomic E-state index is -3.19. The smallest absolute Gasteiger partial charge is 0.191 e. The third kappa shape index (κ3) is 6.19. The van der Waals surface area contributed by atoms with Gasteiger partial charge in [0.2, 0.25) is 0 Å². The summed E-state index contributed by atoms with van der Waals surface area (Å²) in [6.45, 7) is 3.63. The molecule has 0 amide bonds. The molecule has 0 radical (unpaired) electrons. The fourth-order valence-electron chi connectivity index (χ4n) is 2.14. The number of rotatable bonds is 6. The molecule has 2 rings (SSSR count). The summed E-state index contributed by atoms with van der Waals surface area (Å²) in [7, 11) is -3.19. The van der Waals surface area contributed by atoms with Gasteiger partial charge in [0.1, 0.15) is 5.82 Å². The summed E-state index contributed by atoms with van der Waals surface area (Å²) in [5.74, 6) is 0.376. The summed E-state index contributed by atoms with van der Waals surface area (Å²) < 4.78 is 35.9. The Bertz CT molecular complexity index is 816. The van der Waals surface area contributed by atoms with Gasteiger partial charge < -0.3 is 10.6 Å². The van der Waals surface area contributed by atoms with Crippen LogP contribution in [0.2, 0.25) is 0 Å². The number of hydrogen-bond acceptors (Lipinski definition) is 3. The van der Waals surface area contributed by atoms with E-state index in [4.69, 9.17) is 0 Å². The lowest BCUT2D eigenvalue weighted by Gasteiger charge is -2.11. The number of nitrogens with one attached hydrogen (secondary N) is 2. The van der Waals surface area contributed by atoms with E-state index < -0.39 is 9.84 Å². The van der Waals surface area contributed by atoms with Crippen LogP contribution in [0.25, 0.3) is 0 Å². The Hall–Kier alpha value is -2.41. The number of hydrogen-bond donors (Lipinski definition) is 2. The van der Waals surface area contributed by atoms with Gasteiger partial charge in [-0.05, 0) is 42.3 Å². The number of halogens is 1. The van der Waals surface area contributed by atoms with E-state index in [0.29, 0.717) is 30.5 Å². The van der Waals surface area contributed by atoms with Crippen LogP contribution in [0.4, 0.5) is 4.39 Å². The highest BCUT2D eigenvalue weighted by Gasteiger charge is 2.06. The van der Waals surface area contributed by atoms with E-state index in [9.17, 15) is 12.8 Å². The van der Waals surface area contributed by atoms with Gasteiger partial charge in [-0.25, -0.2) is 17.8 Å². The van der Waals surface area contributed by atoms with Crippen LogP contribution >= 0.6 is 0 Å². The highest BCUT2D eigenvalue weighted by atomic mass is 32.2. The van der Waals surface area contributed by atoms with Crippen LogP contribution in [0.1, 0.15) is 18.1 Å². The van der Waals surface area contributed by atoms with Gasteiger partial charge in [-0.2, -0.15) is 0 Å². The van der Waals surface area contributed by atoms with Gasteiger partial charge in [0.15, 0.2) is 15.8 Å². The zero-order valence-electron chi connectivity index (χ0n) is 14.3. The molecular weight excluding hydrogens is 341 g/mol. The summed E-state index contributed by atoms with van der Waals surface area (Å²) in [5, 5.41) is 6.32. The molecule has 0 unspecified atom stereocenters. The highest BCUT2D eigenvalue weighted by Crippen LogP contribution is 2.11. The second kappa shape index (κ2) is 8.62. The maximum Gasteiger partial charge on any atom is 0.191 e. The first kappa shape index (κ1) is 18.9. The van der Waals surface area contributed by atoms with Crippen LogP contribution in [0.15, 0.2) is 58.4 Å². The first-order valence-electron chi connectivity index (χ1n) is 7.94. The topological polar surface area (TPSA) is 70.6 Å². The van der Waals surface area contributed by atoms with E-state index in [-0.39, 0.29) is 5.82 Å². The number of benzene rings is 2. The van der Waals surface area contributed by atoms with Crippen molar-refractivity contribution in [2.24, 2.45) is 4.99 Å². The summed E-state index contributed by atoms with van der Waals surface area (Å²) in [6, 6.07) is 12.9. The van der Waals surface area contributed by atoms with Gasteiger partial charge >= 0.3 is 0 Å². The quantitative estimate of drug-likeness (QED) is 0.611. The highest BCUT2D eigenvalue weighted by molar-refractivity contribution is 7.90. The number of nitrogens with zero attached hydrogens (tertiary/aromatic N) is 1. The molecule has 0 fully saturated rings. The summed E-state index contributed by atoms with van der Waals surface area (Å²) in [6.07, 6.45) is 1.18. The Balaban J connectivity index is 2.00. The molecule has 0 bridgehead atoms. The minimum absolute atomic E-state index is 0.262. The van der Waals surface area contributed by atoms with E-state index in [2.05, 4.69) is 15.6 Å². The molecule has 5 nitrogen and oxygen atoms in total. The van der Waals surface area contributed by atoms with E-state index >= 15 is 0 Å². The third-order valence-corrected chi connectivity index (χ3v) is 4.62. The molecule has 7 heteroatoms. The monoisotopic (exact) mass is 363 g/mol. The van der Waals surface area contributed by atoms with Crippen molar-refractivity contribution in [3.8, 4) is 0 Å². The zero-order valence-corrected chi connectivity index (χ0v) is 15.1. The molecule has 0 aromatic heterocycles. The molecule has 2 N–H and O–H groups in total. The summed E-state index contributed by atoms with van der Waals surface area (Å²) in [5.41, 5.74) is 1.86. The number of aliphatic imine (C=N–C) groups is 1. The molecule has 2 aromatic rings. The molecule has 0 atom stereocenters. The Morgan fingerprint density at radius 3 is 2.16 bits per heavy atom. The van der Waals surface area contributed by atoms with Crippen LogP contribution in [-0.4, -0.2) is 27.2 Å². The van der Waals surface area contributed by atoms with Crippen LogP contribution in [0, 0.1) is 5.82 Å². The minimum Gasteiger partial charge on any atom is -0.357 e. The van der Waals surface area contributed by atoms with Gasteiger partial charge in [0.25, 0.3) is 0 Å². The molecule has 0 heterocycles. The van der Waals surface area contributed by atoms with Crippen molar-refractivity contribution < 1.29 is 12.8 Å². The molecule has 0 spiro atoms. The Morgan fingerprint density at radius 2 is 1.60 bits per heavy atom. The summed E-state index contributed by atoms with van der Waals surface area (Å²) >= 11 is 0. The van der Waals surface area contributed by atoms with Crippen molar-refractivity contribution in [1.29, 1.82) is 0 Å². The van der Waals surface area contributed by atoms with E-state index in [1.165, 1.54) is 18.4 Å². The van der Waals surface area contributed by atoms with Crippen molar-refractivity contribution in [3.05, 3.63) is 65.5 Å². The van der Waals surface area contributed by atoms with Crippen LogP contribution < -0.4 is 10.6 Å². The lowest BCUT2D eigenvalue weighted by Crippen LogP contribution is -2.36. The Morgan fingerprint density at radius 1 is 1.00 bits per heavy atom. The number of sulfone groups is 1. The average Bonchev–Trinajstić information content (AvgIpc) is 2.58. The Kier molecular flexibility index (Phi) is 6.52. The fraction of sp³-hybridized carbons (Fsp3) is 0.278. The Labute approximate surface area is 147 Å². The van der Waals surface area contributed by atoms with E-state index in [1.54, 1.807) is 36.4 Å². The fourth-order valence-corrected chi connectivity index (χ4v) is 2.77. The second-order valence-corrected chi connectivity index (χ2v) is 7.61. The molecule has 0 aliphatic carbocycles. The van der Waals surface area contributed by atoms with E-state index in [0.717, 1.165) is 11.1 Å². The van der Waals surface area contributed by atoms with Gasteiger partial charge in [-0.15, -0.1) is 0 Å². The van der Waals surface area contributed by atoms with E-state index in [1.807, 2.05) is 6.92 Å². The standard InChI is InChI=1S/C18H22FN3O2S/c1-3-20-18(21-12-14-4-8-16(19)9-5-14)22-13-15-6-10-17(11-7-15)25(2,23)24/h4-11H,3,12-13H2,1-2H3,(H2,20,21,22). The largest absolute Gasteiger partial charge is 0.357 e. The molecule has 0 saturated heterocycles. The molecule has 2 aromatic carbocycles. The average molecular weight is 363 g/mol. The van der Waals surface area contributed by atoms with Gasteiger partial charge in [0.05, 0.1) is 11.4 Å². The predicted octanol–water partition coefficient (Wildman–Crippen LogP) is 2.48. The van der Waals surface area contributed by atoms with Crippen molar-refractivity contribution in [2.45, 2.75) is 24.9 Å². The lowest BCUT2D eigenvalue weighted by molar-refractivity contribution is 0.602. The molecule has 0 aliphatic rings. The SMILES string of the molecule is CCNC(=NCc1ccc(S(C)(=O)=O)cc1)NCc1ccc(F)cc1. The normalized spacial score (nSPS) is 12.0. The van der Waals surface area contributed by atoms with Crippen molar-refractivity contribution in [3.63, 3.8) is 0 Å². The molecular formula is C18H22FN3O2S. The zero-order chi connectivity index (χ0) is 18.3. The second-order valence-electron chi connectivity index (χ2n) is 5.59. The van der Waals surface area contributed by atoms with Crippen molar-refractivity contribution >= 4 is 15.8 Å². The van der Waals surface area contributed by atoms with Crippen molar-refractivity contribution in [1.82, 2.24) is 10.6 Å². The molecule has 25 heavy (non-hydrogen) atoms. The first-order chi connectivity index (χ1) is 11.9. The lowest BCUT2D eigenvalue weighted by atomic mass is 10.2. The van der Waals surface area contributed by atoms with Crippen LogP contribution in [0.5, 0.6) is 0 Å². The third-order valence-electron chi connectivity index (χ3n) is 3.49.